The fraction of sp³-hybridized carbons (Fsp3) is 0.417. The third-order valence-corrected chi connectivity index (χ3v) is 2.58. The van der Waals surface area contributed by atoms with Gasteiger partial charge in [-0.3, -0.25) is 4.79 Å². The third-order valence-electron chi connectivity index (χ3n) is 2.58. The molecule has 1 aromatic carbocycles. The van der Waals surface area contributed by atoms with Gasteiger partial charge >= 0.3 is 0 Å². The molecule has 0 radical (unpaired) electrons. The van der Waals surface area contributed by atoms with Gasteiger partial charge in [-0.15, -0.1) is 0 Å². The molecule has 1 fully saturated rings. The number of benzene rings is 1. The van der Waals surface area contributed by atoms with Crippen molar-refractivity contribution in [3.63, 3.8) is 0 Å². The zero-order valence-corrected chi connectivity index (χ0v) is 8.41. The molecule has 1 aromatic rings. The van der Waals surface area contributed by atoms with Gasteiger partial charge in [-0.25, -0.2) is 4.39 Å². The lowest BCUT2D eigenvalue weighted by atomic mass is 10.00. The number of carbonyl (C=O) groups is 1. The van der Waals surface area contributed by atoms with Crippen LogP contribution >= 0.6 is 0 Å². The first-order valence-electron chi connectivity index (χ1n) is 5.19. The summed E-state index contributed by atoms with van der Waals surface area (Å²) in [4.78, 5) is 11.9. The Morgan fingerprint density at radius 1 is 1.40 bits per heavy atom. The molecule has 0 aliphatic carbocycles. The highest BCUT2D eigenvalue weighted by Crippen LogP contribution is 2.17. The van der Waals surface area contributed by atoms with Gasteiger partial charge in [0.1, 0.15) is 11.9 Å². The zero-order valence-electron chi connectivity index (χ0n) is 8.41. The molecule has 0 N–H and O–H groups in total. The van der Waals surface area contributed by atoms with Gasteiger partial charge in [0.05, 0.1) is 0 Å². The normalized spacial score (nSPS) is 21.3. The minimum absolute atomic E-state index is 0.103. The van der Waals surface area contributed by atoms with Crippen molar-refractivity contribution >= 4 is 5.78 Å². The second kappa shape index (κ2) is 4.53. The van der Waals surface area contributed by atoms with Crippen LogP contribution in [0.3, 0.4) is 0 Å². The van der Waals surface area contributed by atoms with E-state index in [2.05, 4.69) is 0 Å². The highest BCUT2D eigenvalue weighted by atomic mass is 19.1. The van der Waals surface area contributed by atoms with Crippen molar-refractivity contribution in [2.24, 2.45) is 0 Å². The Kier molecular flexibility index (Phi) is 3.11. The molecule has 0 spiro atoms. The van der Waals surface area contributed by atoms with Crippen LogP contribution in [0.15, 0.2) is 24.3 Å². The van der Waals surface area contributed by atoms with Crippen LogP contribution in [0.1, 0.15) is 29.6 Å². The highest BCUT2D eigenvalue weighted by Gasteiger charge is 2.23. The number of ether oxygens (including phenoxy) is 1. The van der Waals surface area contributed by atoms with Gasteiger partial charge in [0.2, 0.25) is 0 Å². The number of rotatable bonds is 2. The van der Waals surface area contributed by atoms with Crippen LogP contribution in [0.2, 0.25) is 0 Å². The Morgan fingerprint density at radius 2 is 2.27 bits per heavy atom. The van der Waals surface area contributed by atoms with Gasteiger partial charge < -0.3 is 4.74 Å². The van der Waals surface area contributed by atoms with E-state index >= 15 is 0 Å². The Labute approximate surface area is 88.1 Å². The summed E-state index contributed by atoms with van der Waals surface area (Å²) in [5.74, 6) is -0.481. The standard InChI is InChI=1S/C12H13FO2/c13-10-5-3-4-9(8-10)12(14)11-6-1-2-7-15-11/h3-5,8,11H,1-2,6-7H2. The average Bonchev–Trinajstić information content (AvgIpc) is 2.29. The van der Waals surface area contributed by atoms with E-state index in [1.54, 1.807) is 12.1 Å². The van der Waals surface area contributed by atoms with E-state index in [4.69, 9.17) is 4.74 Å². The summed E-state index contributed by atoms with van der Waals surface area (Å²) in [5, 5.41) is 0. The topological polar surface area (TPSA) is 26.3 Å². The first-order valence-corrected chi connectivity index (χ1v) is 5.19. The summed E-state index contributed by atoms with van der Waals surface area (Å²) in [6, 6.07) is 5.77. The second-order valence-corrected chi connectivity index (χ2v) is 3.73. The molecule has 1 atom stereocenters. The number of carbonyl (C=O) groups excluding carboxylic acids is 1. The quantitative estimate of drug-likeness (QED) is 0.698. The molecule has 1 aliphatic rings. The molecule has 1 heterocycles. The zero-order chi connectivity index (χ0) is 10.7. The van der Waals surface area contributed by atoms with Crippen LogP contribution in [-0.2, 0) is 4.74 Å². The van der Waals surface area contributed by atoms with Gasteiger partial charge in [-0.1, -0.05) is 12.1 Å². The van der Waals surface area contributed by atoms with Gasteiger partial charge in [-0.2, -0.15) is 0 Å². The van der Waals surface area contributed by atoms with Crippen LogP contribution in [0.5, 0.6) is 0 Å². The Hall–Kier alpha value is -1.22. The van der Waals surface area contributed by atoms with Crippen molar-refractivity contribution < 1.29 is 13.9 Å². The van der Waals surface area contributed by atoms with Gasteiger partial charge in [0.15, 0.2) is 5.78 Å². The first kappa shape index (κ1) is 10.3. The molecule has 15 heavy (non-hydrogen) atoms. The fourth-order valence-electron chi connectivity index (χ4n) is 1.78. The molecule has 80 valence electrons. The molecular formula is C12H13FO2. The van der Waals surface area contributed by atoms with Crippen molar-refractivity contribution in [3.8, 4) is 0 Å². The lowest BCUT2D eigenvalue weighted by Gasteiger charge is -2.21. The fourth-order valence-corrected chi connectivity index (χ4v) is 1.78. The van der Waals surface area contributed by atoms with E-state index in [1.165, 1.54) is 12.1 Å². The van der Waals surface area contributed by atoms with Gasteiger partial charge in [-0.05, 0) is 31.4 Å². The smallest absolute Gasteiger partial charge is 0.191 e. The van der Waals surface area contributed by atoms with Gasteiger partial charge in [0.25, 0.3) is 0 Å². The lowest BCUT2D eigenvalue weighted by Crippen LogP contribution is -2.28. The molecule has 0 saturated carbocycles. The predicted molar refractivity (Wildman–Crippen MR) is 54.3 cm³/mol. The van der Waals surface area contributed by atoms with Crippen molar-refractivity contribution in [1.82, 2.24) is 0 Å². The van der Waals surface area contributed by atoms with Crippen LogP contribution in [-0.4, -0.2) is 18.5 Å². The molecule has 3 heteroatoms. The number of hydrogen-bond donors (Lipinski definition) is 0. The van der Waals surface area contributed by atoms with Crippen LogP contribution in [0, 0.1) is 5.82 Å². The summed E-state index contributed by atoms with van der Waals surface area (Å²) >= 11 is 0. The molecule has 1 aliphatic heterocycles. The number of hydrogen-bond acceptors (Lipinski definition) is 2. The molecule has 0 bridgehead atoms. The van der Waals surface area contributed by atoms with E-state index in [1.807, 2.05) is 0 Å². The minimum Gasteiger partial charge on any atom is -0.370 e. The molecule has 2 nitrogen and oxygen atoms in total. The maximum Gasteiger partial charge on any atom is 0.191 e. The summed E-state index contributed by atoms with van der Waals surface area (Å²) in [5.41, 5.74) is 0.405. The summed E-state index contributed by atoms with van der Waals surface area (Å²) < 4.78 is 18.3. The van der Waals surface area contributed by atoms with Crippen LogP contribution < -0.4 is 0 Å². The maximum atomic E-state index is 12.9. The Bertz CT molecular complexity index is 356. The van der Waals surface area contributed by atoms with Crippen molar-refractivity contribution in [3.05, 3.63) is 35.6 Å². The predicted octanol–water partition coefficient (Wildman–Crippen LogP) is 2.58. The lowest BCUT2D eigenvalue weighted by molar-refractivity contribution is 0.0186. The number of Topliss-reactive ketones (excluding diaryl/α,β-unsaturated/α-hetero) is 1. The maximum absolute atomic E-state index is 12.9. The van der Waals surface area contributed by atoms with E-state index in [0.717, 1.165) is 19.3 Å². The third kappa shape index (κ3) is 2.42. The van der Waals surface area contributed by atoms with E-state index in [0.29, 0.717) is 12.2 Å². The molecule has 1 saturated heterocycles. The van der Waals surface area contributed by atoms with Crippen LogP contribution in [0.25, 0.3) is 0 Å². The summed E-state index contributed by atoms with van der Waals surface area (Å²) in [6.07, 6.45) is 2.38. The first-order chi connectivity index (χ1) is 7.27. The molecule has 1 unspecified atom stereocenters. The molecule has 2 rings (SSSR count). The molecule has 0 aromatic heterocycles. The summed E-state index contributed by atoms with van der Waals surface area (Å²) in [7, 11) is 0. The summed E-state index contributed by atoms with van der Waals surface area (Å²) in [6.45, 7) is 0.631. The van der Waals surface area contributed by atoms with E-state index in [9.17, 15) is 9.18 Å². The van der Waals surface area contributed by atoms with Crippen molar-refractivity contribution in [1.29, 1.82) is 0 Å². The Balaban J connectivity index is 2.12. The molecule has 0 amide bonds. The van der Waals surface area contributed by atoms with E-state index in [-0.39, 0.29) is 17.7 Å². The van der Waals surface area contributed by atoms with Crippen molar-refractivity contribution in [2.45, 2.75) is 25.4 Å². The van der Waals surface area contributed by atoms with Crippen LogP contribution in [0.4, 0.5) is 4.39 Å². The molecular weight excluding hydrogens is 195 g/mol. The average molecular weight is 208 g/mol. The number of ketones is 1. The van der Waals surface area contributed by atoms with Gasteiger partial charge in [0, 0.05) is 12.2 Å². The largest absolute Gasteiger partial charge is 0.370 e. The monoisotopic (exact) mass is 208 g/mol. The second-order valence-electron chi connectivity index (χ2n) is 3.73. The minimum atomic E-state index is -0.378. The SMILES string of the molecule is O=C(c1cccc(F)c1)C1CCCCO1. The van der Waals surface area contributed by atoms with Crippen molar-refractivity contribution in [2.75, 3.05) is 6.61 Å². The highest BCUT2D eigenvalue weighted by molar-refractivity contribution is 5.99. The van der Waals surface area contributed by atoms with E-state index < -0.39 is 0 Å². The number of halogens is 1. The Morgan fingerprint density at radius 3 is 2.93 bits per heavy atom.